The van der Waals surface area contributed by atoms with Crippen LogP contribution in [0.15, 0.2) is 30.4 Å². The zero-order valence-corrected chi connectivity index (χ0v) is 10.2. The molecule has 5 rings (SSSR count). The smallest absolute Gasteiger partial charge is 0.318 e. The standard InChI is InChI=1S/C14H9NO5/c16-13-11-7-4-5-8(12(11)14(17)20-13)10-6(7)2-1-3-9(10)15(18)19/h1-5,7-8,11-12H/t7-,8+,11-,12-/m1/s1. The van der Waals surface area contributed by atoms with Gasteiger partial charge in [-0.1, -0.05) is 24.3 Å². The van der Waals surface area contributed by atoms with Gasteiger partial charge in [0, 0.05) is 23.5 Å². The lowest BCUT2D eigenvalue weighted by Crippen LogP contribution is -2.37. The molecule has 0 N–H and O–H groups in total. The first-order valence-corrected chi connectivity index (χ1v) is 6.30. The van der Waals surface area contributed by atoms with Crippen LogP contribution in [-0.4, -0.2) is 16.9 Å². The van der Waals surface area contributed by atoms with Crippen molar-refractivity contribution in [2.24, 2.45) is 11.8 Å². The number of esters is 2. The van der Waals surface area contributed by atoms with Gasteiger partial charge in [0.25, 0.3) is 5.69 Å². The molecule has 0 unspecified atom stereocenters. The third-order valence-corrected chi connectivity index (χ3v) is 4.44. The summed E-state index contributed by atoms with van der Waals surface area (Å²) >= 11 is 0. The van der Waals surface area contributed by atoms with E-state index < -0.39 is 34.6 Å². The van der Waals surface area contributed by atoms with Gasteiger partial charge in [0.1, 0.15) is 0 Å². The van der Waals surface area contributed by atoms with Crippen molar-refractivity contribution >= 4 is 17.6 Å². The second kappa shape index (κ2) is 3.53. The molecular weight excluding hydrogens is 262 g/mol. The average molecular weight is 271 g/mol. The monoisotopic (exact) mass is 271 g/mol. The van der Waals surface area contributed by atoms with Crippen LogP contribution in [0.2, 0.25) is 0 Å². The van der Waals surface area contributed by atoms with Gasteiger partial charge in [0.2, 0.25) is 0 Å². The molecule has 1 aromatic rings. The Hall–Kier alpha value is -2.50. The Kier molecular flexibility index (Phi) is 2.00. The maximum Gasteiger partial charge on any atom is 0.318 e. The van der Waals surface area contributed by atoms with Crippen molar-refractivity contribution in [3.8, 4) is 0 Å². The van der Waals surface area contributed by atoms with Gasteiger partial charge in [-0.3, -0.25) is 19.7 Å². The summed E-state index contributed by atoms with van der Waals surface area (Å²) in [5.41, 5.74) is 1.32. The van der Waals surface area contributed by atoms with Crippen LogP contribution >= 0.6 is 0 Å². The minimum atomic E-state index is -0.619. The van der Waals surface area contributed by atoms with E-state index in [0.717, 1.165) is 5.56 Å². The van der Waals surface area contributed by atoms with Crippen molar-refractivity contribution in [2.75, 3.05) is 0 Å². The highest BCUT2D eigenvalue weighted by Gasteiger charge is 2.58. The predicted molar refractivity (Wildman–Crippen MR) is 65.8 cm³/mol. The van der Waals surface area contributed by atoms with Crippen LogP contribution in [-0.2, 0) is 14.3 Å². The van der Waals surface area contributed by atoms with Crippen LogP contribution in [0.3, 0.4) is 0 Å². The van der Waals surface area contributed by atoms with E-state index in [4.69, 9.17) is 4.74 Å². The first-order chi connectivity index (χ1) is 9.59. The number of benzene rings is 1. The minimum absolute atomic E-state index is 0.00690. The van der Waals surface area contributed by atoms with E-state index in [9.17, 15) is 19.7 Å². The number of carbonyl (C=O) groups is 2. The normalized spacial score (nSPS) is 32.8. The van der Waals surface area contributed by atoms with Gasteiger partial charge in [-0.25, -0.2) is 0 Å². The van der Waals surface area contributed by atoms with Gasteiger partial charge in [0.05, 0.1) is 16.8 Å². The zero-order chi connectivity index (χ0) is 14.0. The summed E-state index contributed by atoms with van der Waals surface area (Å²) in [5, 5.41) is 11.2. The number of hydrogen-bond donors (Lipinski definition) is 0. The summed E-state index contributed by atoms with van der Waals surface area (Å²) in [6, 6.07) is 4.84. The lowest BCUT2D eigenvalue weighted by molar-refractivity contribution is -0.385. The molecule has 6 nitrogen and oxygen atoms in total. The number of carbonyl (C=O) groups excluding carboxylic acids is 2. The highest BCUT2D eigenvalue weighted by molar-refractivity contribution is 5.99. The number of ether oxygens (including phenoxy) is 1. The Bertz CT molecular complexity index is 708. The third kappa shape index (κ3) is 1.18. The summed E-state index contributed by atoms with van der Waals surface area (Å²) < 4.78 is 4.73. The van der Waals surface area contributed by atoms with Crippen molar-refractivity contribution in [3.05, 3.63) is 51.6 Å². The number of nitro benzene ring substituents is 1. The molecule has 0 aromatic heterocycles. The Labute approximate surface area is 113 Å². The van der Waals surface area contributed by atoms with E-state index in [-0.39, 0.29) is 11.6 Å². The van der Waals surface area contributed by atoms with Gasteiger partial charge in [-0.05, 0) is 5.56 Å². The number of hydrogen-bond acceptors (Lipinski definition) is 5. The maximum atomic E-state index is 11.9. The molecule has 100 valence electrons. The average Bonchev–Trinajstić information content (AvgIpc) is 2.76. The lowest BCUT2D eigenvalue weighted by atomic mass is 9.60. The van der Waals surface area contributed by atoms with E-state index >= 15 is 0 Å². The molecule has 0 radical (unpaired) electrons. The van der Waals surface area contributed by atoms with Crippen LogP contribution in [0.25, 0.3) is 0 Å². The number of nitro groups is 1. The molecule has 1 fully saturated rings. The van der Waals surface area contributed by atoms with Crippen molar-refractivity contribution in [1.82, 2.24) is 0 Å². The van der Waals surface area contributed by atoms with Crippen LogP contribution in [0.5, 0.6) is 0 Å². The quantitative estimate of drug-likeness (QED) is 0.255. The second-order valence-corrected chi connectivity index (χ2v) is 5.27. The number of cyclic esters (lactones) is 2. The van der Waals surface area contributed by atoms with Crippen LogP contribution in [0.1, 0.15) is 23.0 Å². The van der Waals surface area contributed by atoms with Crippen molar-refractivity contribution in [2.45, 2.75) is 11.8 Å². The molecule has 0 amide bonds. The van der Waals surface area contributed by atoms with Crippen molar-refractivity contribution < 1.29 is 19.2 Å². The van der Waals surface area contributed by atoms with Gasteiger partial charge in [-0.15, -0.1) is 0 Å². The third-order valence-electron chi connectivity index (χ3n) is 4.44. The van der Waals surface area contributed by atoms with Crippen LogP contribution in [0, 0.1) is 22.0 Å². The number of nitrogens with zero attached hydrogens (tertiary/aromatic N) is 1. The van der Waals surface area contributed by atoms with Crippen LogP contribution < -0.4 is 0 Å². The molecule has 20 heavy (non-hydrogen) atoms. The molecule has 3 aliphatic carbocycles. The number of rotatable bonds is 1. The molecule has 4 aliphatic rings. The highest BCUT2D eigenvalue weighted by atomic mass is 16.6. The van der Waals surface area contributed by atoms with E-state index in [0.29, 0.717) is 5.56 Å². The van der Waals surface area contributed by atoms with Gasteiger partial charge in [-0.2, -0.15) is 0 Å². The summed E-state index contributed by atoms with van der Waals surface area (Å²) in [7, 11) is 0. The molecule has 1 saturated heterocycles. The fraction of sp³-hybridized carbons (Fsp3) is 0.286. The largest absolute Gasteiger partial charge is 0.393 e. The Morgan fingerprint density at radius 3 is 2.40 bits per heavy atom. The van der Waals surface area contributed by atoms with Gasteiger partial charge in [0.15, 0.2) is 0 Å². The summed E-state index contributed by atoms with van der Waals surface area (Å²) in [6.45, 7) is 0. The first-order valence-electron chi connectivity index (χ1n) is 6.30. The zero-order valence-electron chi connectivity index (χ0n) is 10.2. The number of allylic oxidation sites excluding steroid dienone is 2. The fourth-order valence-electron chi connectivity index (χ4n) is 3.70. The van der Waals surface area contributed by atoms with E-state index in [1.54, 1.807) is 18.2 Å². The summed E-state index contributed by atoms with van der Waals surface area (Å²) in [5.74, 6) is -2.99. The highest BCUT2D eigenvalue weighted by Crippen LogP contribution is 2.56. The van der Waals surface area contributed by atoms with Crippen molar-refractivity contribution in [1.29, 1.82) is 0 Å². The van der Waals surface area contributed by atoms with Crippen molar-refractivity contribution in [3.63, 3.8) is 0 Å². The van der Waals surface area contributed by atoms with Gasteiger partial charge >= 0.3 is 11.9 Å². The Morgan fingerprint density at radius 2 is 1.70 bits per heavy atom. The lowest BCUT2D eigenvalue weighted by Gasteiger charge is -2.38. The Morgan fingerprint density at radius 1 is 1.05 bits per heavy atom. The summed E-state index contributed by atoms with van der Waals surface area (Å²) in [6.07, 6.45) is 3.65. The topological polar surface area (TPSA) is 86.5 Å². The van der Waals surface area contributed by atoms with E-state index in [1.165, 1.54) is 6.07 Å². The fourth-order valence-corrected chi connectivity index (χ4v) is 3.70. The minimum Gasteiger partial charge on any atom is -0.393 e. The molecule has 4 atom stereocenters. The van der Waals surface area contributed by atoms with Gasteiger partial charge < -0.3 is 4.74 Å². The Balaban J connectivity index is 1.98. The maximum absolute atomic E-state index is 11.9. The molecule has 0 saturated carbocycles. The van der Waals surface area contributed by atoms with Crippen LogP contribution in [0.4, 0.5) is 5.69 Å². The SMILES string of the molecule is O=C1OC(=O)[C@H]2[C@H]1[C@@H]1C=C[C@H]2c2c1cccc2[N+](=O)[O-]. The van der Waals surface area contributed by atoms with E-state index in [1.807, 2.05) is 6.08 Å². The molecule has 1 heterocycles. The predicted octanol–water partition coefficient (Wildman–Crippen LogP) is 1.66. The molecule has 2 bridgehead atoms. The molecule has 0 spiro atoms. The molecular formula is C14H9NO5. The first kappa shape index (κ1) is 11.3. The molecule has 1 aromatic carbocycles. The molecule has 6 heteroatoms. The van der Waals surface area contributed by atoms with E-state index in [2.05, 4.69) is 0 Å². The summed E-state index contributed by atoms with van der Waals surface area (Å²) in [4.78, 5) is 34.4. The molecule has 1 aliphatic heterocycles. The second-order valence-electron chi connectivity index (χ2n) is 5.27.